The fraction of sp³-hybridized carbons (Fsp3) is 0.0769. The van der Waals surface area contributed by atoms with E-state index >= 15 is 0 Å². The molecule has 0 amide bonds. The van der Waals surface area contributed by atoms with E-state index in [0.717, 1.165) is 6.26 Å². The van der Waals surface area contributed by atoms with Crippen molar-refractivity contribution in [3.05, 3.63) is 52.8 Å². The molecule has 7 heteroatoms. The van der Waals surface area contributed by atoms with Crippen molar-refractivity contribution in [2.24, 2.45) is 0 Å². The average Bonchev–Trinajstić information content (AvgIpc) is 2.33. The molecule has 0 saturated heterocycles. The lowest BCUT2D eigenvalue weighted by atomic mass is 10.3. The minimum absolute atomic E-state index is 0.343. The summed E-state index contributed by atoms with van der Waals surface area (Å²) < 4.78 is 43.5. The molecule has 0 atom stereocenters. The Kier molecular flexibility index (Phi) is 4.29. The summed E-state index contributed by atoms with van der Waals surface area (Å²) in [5.74, 6) is 0.635. The van der Waals surface area contributed by atoms with Crippen LogP contribution in [0, 0.1) is 5.82 Å². The van der Waals surface area contributed by atoms with Gasteiger partial charge in [0.25, 0.3) is 0 Å². The van der Waals surface area contributed by atoms with Gasteiger partial charge in [-0.05, 0) is 58.4 Å². The third kappa shape index (κ3) is 4.21. The molecule has 0 aliphatic rings. The Morgan fingerprint density at radius 1 is 1.15 bits per heavy atom. The van der Waals surface area contributed by atoms with Crippen LogP contribution in [0.4, 0.5) is 10.1 Å². The van der Waals surface area contributed by atoms with Crippen molar-refractivity contribution >= 4 is 31.6 Å². The minimum atomic E-state index is -3.32. The van der Waals surface area contributed by atoms with E-state index < -0.39 is 10.0 Å². The second-order valence-electron chi connectivity index (χ2n) is 4.08. The van der Waals surface area contributed by atoms with Crippen molar-refractivity contribution in [1.82, 2.24) is 0 Å². The molecule has 0 saturated carbocycles. The van der Waals surface area contributed by atoms with Gasteiger partial charge in [0, 0.05) is 5.69 Å². The van der Waals surface area contributed by atoms with Crippen LogP contribution in [0.3, 0.4) is 0 Å². The second-order valence-corrected chi connectivity index (χ2v) is 6.68. The number of benzene rings is 2. The van der Waals surface area contributed by atoms with E-state index in [0.29, 0.717) is 21.7 Å². The summed E-state index contributed by atoms with van der Waals surface area (Å²) in [6.07, 6.45) is 1.07. The van der Waals surface area contributed by atoms with Gasteiger partial charge in [-0.25, -0.2) is 12.8 Å². The van der Waals surface area contributed by atoms with E-state index in [-0.39, 0.29) is 5.82 Å². The largest absolute Gasteiger partial charge is 0.456 e. The van der Waals surface area contributed by atoms with Crippen molar-refractivity contribution < 1.29 is 17.5 Å². The van der Waals surface area contributed by atoms with Gasteiger partial charge in [0.1, 0.15) is 17.3 Å². The first kappa shape index (κ1) is 14.8. The first-order chi connectivity index (χ1) is 9.33. The van der Waals surface area contributed by atoms with E-state index in [1.807, 2.05) is 0 Å². The lowest BCUT2D eigenvalue weighted by Crippen LogP contribution is -2.09. The summed E-state index contributed by atoms with van der Waals surface area (Å²) >= 11 is 3.29. The van der Waals surface area contributed by atoms with Gasteiger partial charge < -0.3 is 4.74 Å². The van der Waals surface area contributed by atoms with Gasteiger partial charge >= 0.3 is 0 Å². The molecule has 0 aromatic heterocycles. The normalized spacial score (nSPS) is 11.2. The predicted octanol–water partition coefficient (Wildman–Crippen LogP) is 3.75. The van der Waals surface area contributed by atoms with Crippen molar-refractivity contribution in [2.75, 3.05) is 11.0 Å². The standard InChI is InChI=1S/C13H11BrFNO3S/c1-20(17,18)16-10-4-7-13(12(14)8-10)19-11-5-2-9(15)3-6-11/h2-8,16H,1H3. The number of halogens is 2. The van der Waals surface area contributed by atoms with Crippen LogP contribution in [0.5, 0.6) is 11.5 Å². The number of nitrogens with one attached hydrogen (secondary N) is 1. The number of sulfonamides is 1. The summed E-state index contributed by atoms with van der Waals surface area (Å²) in [4.78, 5) is 0. The zero-order valence-electron chi connectivity index (χ0n) is 10.4. The molecule has 20 heavy (non-hydrogen) atoms. The Hall–Kier alpha value is -1.60. The summed E-state index contributed by atoms with van der Waals surface area (Å²) in [5, 5.41) is 0. The monoisotopic (exact) mass is 359 g/mol. The van der Waals surface area contributed by atoms with Gasteiger partial charge in [-0.3, -0.25) is 4.72 Å². The van der Waals surface area contributed by atoms with Gasteiger partial charge in [0.15, 0.2) is 0 Å². The Morgan fingerprint density at radius 2 is 1.80 bits per heavy atom. The highest BCUT2D eigenvalue weighted by molar-refractivity contribution is 9.10. The summed E-state index contributed by atoms with van der Waals surface area (Å²) in [5.41, 5.74) is 0.422. The van der Waals surface area contributed by atoms with Crippen LogP contribution in [0.2, 0.25) is 0 Å². The number of anilines is 1. The predicted molar refractivity (Wildman–Crippen MR) is 79.1 cm³/mol. The third-order valence-corrected chi connectivity index (χ3v) is 3.50. The Balaban J connectivity index is 2.19. The molecule has 0 fully saturated rings. The van der Waals surface area contributed by atoms with Gasteiger partial charge in [0.2, 0.25) is 10.0 Å². The molecule has 0 aliphatic heterocycles. The molecule has 1 N–H and O–H groups in total. The van der Waals surface area contributed by atoms with Gasteiger partial charge in [-0.1, -0.05) is 0 Å². The van der Waals surface area contributed by atoms with Crippen LogP contribution in [0.25, 0.3) is 0 Å². The van der Waals surface area contributed by atoms with E-state index in [4.69, 9.17) is 4.74 Å². The van der Waals surface area contributed by atoms with Gasteiger partial charge in [0.05, 0.1) is 10.7 Å². The minimum Gasteiger partial charge on any atom is -0.456 e. The number of ether oxygens (including phenoxy) is 1. The van der Waals surface area contributed by atoms with Crippen LogP contribution >= 0.6 is 15.9 Å². The second kappa shape index (κ2) is 5.80. The molecule has 0 spiro atoms. The molecule has 2 rings (SSSR count). The topological polar surface area (TPSA) is 55.4 Å². The first-order valence-electron chi connectivity index (χ1n) is 5.54. The molecular weight excluding hydrogens is 349 g/mol. The molecule has 0 heterocycles. The first-order valence-corrected chi connectivity index (χ1v) is 8.23. The Bertz CT molecular complexity index is 717. The average molecular weight is 360 g/mol. The molecule has 2 aromatic carbocycles. The zero-order valence-corrected chi connectivity index (χ0v) is 12.8. The van der Waals surface area contributed by atoms with Crippen molar-refractivity contribution in [3.63, 3.8) is 0 Å². The molecule has 0 aliphatic carbocycles. The Morgan fingerprint density at radius 3 is 2.35 bits per heavy atom. The number of hydrogen-bond acceptors (Lipinski definition) is 3. The van der Waals surface area contributed by atoms with E-state index in [1.54, 1.807) is 18.2 Å². The molecule has 0 unspecified atom stereocenters. The van der Waals surface area contributed by atoms with Crippen LogP contribution < -0.4 is 9.46 Å². The molecule has 0 bridgehead atoms. The highest BCUT2D eigenvalue weighted by Crippen LogP contribution is 2.32. The van der Waals surface area contributed by atoms with Crippen LogP contribution in [-0.2, 0) is 10.0 Å². The highest BCUT2D eigenvalue weighted by Gasteiger charge is 2.07. The lowest BCUT2D eigenvalue weighted by molar-refractivity contribution is 0.477. The van der Waals surface area contributed by atoms with Crippen molar-refractivity contribution in [3.8, 4) is 11.5 Å². The van der Waals surface area contributed by atoms with Crippen molar-refractivity contribution in [1.29, 1.82) is 0 Å². The van der Waals surface area contributed by atoms with Crippen LogP contribution in [-0.4, -0.2) is 14.7 Å². The molecule has 4 nitrogen and oxygen atoms in total. The molecular formula is C13H11BrFNO3S. The van der Waals surface area contributed by atoms with Gasteiger partial charge in [-0.2, -0.15) is 0 Å². The number of rotatable bonds is 4. The lowest BCUT2D eigenvalue weighted by Gasteiger charge is -2.10. The van der Waals surface area contributed by atoms with Gasteiger partial charge in [-0.15, -0.1) is 0 Å². The molecule has 2 aromatic rings. The maximum absolute atomic E-state index is 12.8. The Labute approximate surface area is 124 Å². The zero-order chi connectivity index (χ0) is 14.8. The molecule has 106 valence electrons. The molecule has 0 radical (unpaired) electrons. The maximum Gasteiger partial charge on any atom is 0.229 e. The fourth-order valence-corrected chi connectivity index (χ4v) is 2.51. The van der Waals surface area contributed by atoms with Crippen LogP contribution in [0.1, 0.15) is 0 Å². The van der Waals surface area contributed by atoms with Crippen molar-refractivity contribution in [2.45, 2.75) is 0 Å². The van der Waals surface area contributed by atoms with Crippen LogP contribution in [0.15, 0.2) is 46.9 Å². The quantitative estimate of drug-likeness (QED) is 0.904. The SMILES string of the molecule is CS(=O)(=O)Nc1ccc(Oc2ccc(F)cc2)c(Br)c1. The highest BCUT2D eigenvalue weighted by atomic mass is 79.9. The summed E-state index contributed by atoms with van der Waals surface area (Å²) in [6.45, 7) is 0. The van der Waals surface area contributed by atoms with E-state index in [2.05, 4.69) is 20.7 Å². The van der Waals surface area contributed by atoms with E-state index in [1.165, 1.54) is 24.3 Å². The third-order valence-electron chi connectivity index (χ3n) is 2.28. The van der Waals surface area contributed by atoms with E-state index in [9.17, 15) is 12.8 Å². The number of hydrogen-bond donors (Lipinski definition) is 1. The maximum atomic E-state index is 12.8. The smallest absolute Gasteiger partial charge is 0.229 e. The summed E-state index contributed by atoms with van der Waals surface area (Å²) in [7, 11) is -3.32. The fourth-order valence-electron chi connectivity index (χ4n) is 1.49. The summed E-state index contributed by atoms with van der Waals surface area (Å²) in [6, 6.07) is 10.4.